The zero-order chi connectivity index (χ0) is 7.40. The number of likely N-dealkylation sites (N-methyl/N-ethyl adjacent to an activating group) is 1. The molecule has 0 N–H and O–H groups in total. The van der Waals surface area contributed by atoms with Crippen molar-refractivity contribution in [1.29, 1.82) is 0 Å². The molecule has 0 aromatic carbocycles. The van der Waals surface area contributed by atoms with Crippen molar-refractivity contribution in [3.8, 4) is 0 Å². The molecule has 0 spiro atoms. The predicted molar refractivity (Wildman–Crippen MR) is 42.1 cm³/mol. The molecule has 1 aliphatic rings. The monoisotopic (exact) mass is 143 g/mol. The molecule has 0 radical (unpaired) electrons. The van der Waals surface area contributed by atoms with Gasteiger partial charge >= 0.3 is 0 Å². The molecule has 1 rings (SSSR count). The van der Waals surface area contributed by atoms with E-state index in [4.69, 9.17) is 4.74 Å². The highest BCUT2D eigenvalue weighted by atomic mass is 16.5. The number of rotatable bonds is 1. The summed E-state index contributed by atoms with van der Waals surface area (Å²) in [6, 6.07) is 0.618. The Morgan fingerprint density at radius 3 is 3.10 bits per heavy atom. The van der Waals surface area contributed by atoms with Crippen molar-refractivity contribution in [2.24, 2.45) is 0 Å². The van der Waals surface area contributed by atoms with E-state index in [1.165, 1.54) is 13.0 Å². The third kappa shape index (κ3) is 1.96. The second-order valence-electron chi connectivity index (χ2n) is 2.91. The summed E-state index contributed by atoms with van der Waals surface area (Å²) in [5.41, 5.74) is 0. The minimum Gasteiger partial charge on any atom is -0.380 e. The highest BCUT2D eigenvalue weighted by molar-refractivity contribution is 4.67. The van der Waals surface area contributed by atoms with Crippen molar-refractivity contribution in [3.63, 3.8) is 0 Å². The number of nitrogens with zero attached hydrogens (tertiary/aromatic N) is 1. The average molecular weight is 143 g/mol. The van der Waals surface area contributed by atoms with E-state index in [0.29, 0.717) is 6.04 Å². The van der Waals surface area contributed by atoms with Crippen LogP contribution in [0, 0.1) is 0 Å². The SMILES string of the molecule is CCN1CCCOCC1C. The lowest BCUT2D eigenvalue weighted by Gasteiger charge is -2.23. The summed E-state index contributed by atoms with van der Waals surface area (Å²) >= 11 is 0. The Morgan fingerprint density at radius 2 is 2.40 bits per heavy atom. The molecule has 0 aromatic rings. The van der Waals surface area contributed by atoms with Gasteiger partial charge in [-0.05, 0) is 19.9 Å². The van der Waals surface area contributed by atoms with E-state index in [9.17, 15) is 0 Å². The summed E-state index contributed by atoms with van der Waals surface area (Å²) in [7, 11) is 0. The minimum absolute atomic E-state index is 0.618. The van der Waals surface area contributed by atoms with Crippen LogP contribution in [-0.4, -0.2) is 37.2 Å². The molecule has 10 heavy (non-hydrogen) atoms. The van der Waals surface area contributed by atoms with Gasteiger partial charge in [-0.3, -0.25) is 4.90 Å². The first-order chi connectivity index (χ1) is 4.84. The molecular formula is C8H17NO. The van der Waals surface area contributed by atoms with Crippen LogP contribution >= 0.6 is 0 Å². The maximum absolute atomic E-state index is 5.40. The maximum atomic E-state index is 5.40. The summed E-state index contributed by atoms with van der Waals surface area (Å²) in [5, 5.41) is 0. The van der Waals surface area contributed by atoms with Gasteiger partial charge in [0.15, 0.2) is 0 Å². The van der Waals surface area contributed by atoms with Gasteiger partial charge in [0.05, 0.1) is 6.61 Å². The van der Waals surface area contributed by atoms with E-state index in [1.54, 1.807) is 0 Å². The first-order valence-corrected chi connectivity index (χ1v) is 4.16. The van der Waals surface area contributed by atoms with Gasteiger partial charge in [0.2, 0.25) is 0 Å². The van der Waals surface area contributed by atoms with Crippen LogP contribution in [-0.2, 0) is 4.74 Å². The number of ether oxygens (including phenoxy) is 1. The van der Waals surface area contributed by atoms with Crippen LogP contribution < -0.4 is 0 Å². The summed E-state index contributed by atoms with van der Waals surface area (Å²) in [5.74, 6) is 0. The predicted octanol–water partition coefficient (Wildman–Crippen LogP) is 1.12. The van der Waals surface area contributed by atoms with Gasteiger partial charge in [0.25, 0.3) is 0 Å². The molecule has 1 atom stereocenters. The topological polar surface area (TPSA) is 12.5 Å². The lowest BCUT2D eigenvalue weighted by Crippen LogP contribution is -2.34. The summed E-state index contributed by atoms with van der Waals surface area (Å²) in [6.07, 6.45) is 1.19. The Bertz CT molecular complexity index is 95.3. The Hall–Kier alpha value is -0.0800. The first kappa shape index (κ1) is 8.02. The van der Waals surface area contributed by atoms with Gasteiger partial charge in [-0.2, -0.15) is 0 Å². The minimum atomic E-state index is 0.618. The van der Waals surface area contributed by atoms with Gasteiger partial charge in [-0.1, -0.05) is 6.92 Å². The van der Waals surface area contributed by atoms with Crippen molar-refractivity contribution in [1.82, 2.24) is 4.90 Å². The maximum Gasteiger partial charge on any atom is 0.0619 e. The van der Waals surface area contributed by atoms with E-state index in [2.05, 4.69) is 18.7 Å². The van der Waals surface area contributed by atoms with Crippen LogP contribution in [0.2, 0.25) is 0 Å². The van der Waals surface area contributed by atoms with Gasteiger partial charge in [-0.15, -0.1) is 0 Å². The standard InChI is InChI=1S/C8H17NO/c1-3-9-5-4-6-10-7-8(9)2/h8H,3-7H2,1-2H3. The molecule has 1 heterocycles. The zero-order valence-electron chi connectivity index (χ0n) is 6.97. The fourth-order valence-corrected chi connectivity index (χ4v) is 1.42. The second kappa shape index (κ2) is 3.94. The van der Waals surface area contributed by atoms with Crippen molar-refractivity contribution >= 4 is 0 Å². The normalized spacial score (nSPS) is 30.0. The zero-order valence-corrected chi connectivity index (χ0v) is 6.97. The van der Waals surface area contributed by atoms with E-state index in [-0.39, 0.29) is 0 Å². The van der Waals surface area contributed by atoms with Crippen LogP contribution in [0.5, 0.6) is 0 Å². The lowest BCUT2D eigenvalue weighted by molar-refractivity contribution is 0.110. The Balaban J connectivity index is 2.35. The molecular weight excluding hydrogens is 126 g/mol. The Morgan fingerprint density at radius 1 is 1.60 bits per heavy atom. The van der Waals surface area contributed by atoms with Gasteiger partial charge < -0.3 is 4.74 Å². The molecule has 0 bridgehead atoms. The quantitative estimate of drug-likeness (QED) is 0.545. The van der Waals surface area contributed by atoms with Crippen LogP contribution in [0.4, 0.5) is 0 Å². The molecule has 1 unspecified atom stereocenters. The van der Waals surface area contributed by atoms with Gasteiger partial charge in [-0.25, -0.2) is 0 Å². The average Bonchev–Trinajstić information content (AvgIpc) is 2.13. The summed E-state index contributed by atoms with van der Waals surface area (Å²) in [6.45, 7) is 8.66. The van der Waals surface area contributed by atoms with E-state index >= 15 is 0 Å². The highest BCUT2D eigenvalue weighted by Gasteiger charge is 2.14. The van der Waals surface area contributed by atoms with E-state index < -0.39 is 0 Å². The molecule has 60 valence electrons. The molecule has 0 aromatic heterocycles. The number of hydrogen-bond acceptors (Lipinski definition) is 2. The van der Waals surface area contributed by atoms with Crippen LogP contribution in [0.3, 0.4) is 0 Å². The molecule has 1 aliphatic heterocycles. The lowest BCUT2D eigenvalue weighted by atomic mass is 10.3. The van der Waals surface area contributed by atoms with Crippen LogP contribution in [0.1, 0.15) is 20.3 Å². The molecule has 2 nitrogen and oxygen atoms in total. The Labute approximate surface area is 63.2 Å². The van der Waals surface area contributed by atoms with Crippen LogP contribution in [0.25, 0.3) is 0 Å². The first-order valence-electron chi connectivity index (χ1n) is 4.16. The third-order valence-electron chi connectivity index (χ3n) is 2.12. The second-order valence-corrected chi connectivity index (χ2v) is 2.91. The fourth-order valence-electron chi connectivity index (χ4n) is 1.42. The van der Waals surface area contributed by atoms with Crippen molar-refractivity contribution < 1.29 is 4.74 Å². The largest absolute Gasteiger partial charge is 0.380 e. The molecule has 0 saturated carbocycles. The van der Waals surface area contributed by atoms with Gasteiger partial charge in [0.1, 0.15) is 0 Å². The molecule has 1 fully saturated rings. The van der Waals surface area contributed by atoms with E-state index in [0.717, 1.165) is 19.8 Å². The number of hydrogen-bond donors (Lipinski definition) is 0. The van der Waals surface area contributed by atoms with E-state index in [1.807, 2.05) is 0 Å². The molecule has 1 saturated heterocycles. The van der Waals surface area contributed by atoms with Crippen molar-refractivity contribution in [3.05, 3.63) is 0 Å². The highest BCUT2D eigenvalue weighted by Crippen LogP contribution is 2.05. The molecule has 0 amide bonds. The van der Waals surface area contributed by atoms with Crippen molar-refractivity contribution in [2.45, 2.75) is 26.3 Å². The molecule has 0 aliphatic carbocycles. The summed E-state index contributed by atoms with van der Waals surface area (Å²) in [4.78, 5) is 2.47. The van der Waals surface area contributed by atoms with Crippen LogP contribution in [0.15, 0.2) is 0 Å². The van der Waals surface area contributed by atoms with Gasteiger partial charge in [0, 0.05) is 19.2 Å². The smallest absolute Gasteiger partial charge is 0.0619 e. The summed E-state index contributed by atoms with van der Waals surface area (Å²) < 4.78 is 5.40. The third-order valence-corrected chi connectivity index (χ3v) is 2.12. The van der Waals surface area contributed by atoms with Crippen molar-refractivity contribution in [2.75, 3.05) is 26.3 Å². The fraction of sp³-hybridized carbons (Fsp3) is 1.00. The Kier molecular flexibility index (Phi) is 3.16. The molecule has 2 heteroatoms.